The van der Waals surface area contributed by atoms with E-state index in [0.717, 1.165) is 6.54 Å². The summed E-state index contributed by atoms with van der Waals surface area (Å²) in [5, 5.41) is 0. The van der Waals surface area contributed by atoms with Crippen LogP contribution in [-0.4, -0.2) is 16.1 Å². The molecule has 1 rings (SSSR count). The highest BCUT2D eigenvalue weighted by Gasteiger charge is 1.99. The Morgan fingerprint density at radius 2 is 1.33 bits per heavy atom. The van der Waals surface area contributed by atoms with Crippen molar-refractivity contribution in [3.8, 4) is 0 Å². The van der Waals surface area contributed by atoms with Gasteiger partial charge in [-0.05, 0) is 12.2 Å². The van der Waals surface area contributed by atoms with Crippen LogP contribution in [0, 0.1) is 0 Å². The van der Waals surface area contributed by atoms with E-state index in [4.69, 9.17) is 0 Å². The first-order valence-corrected chi connectivity index (χ1v) is 11.1. The molecule has 0 fully saturated rings. The van der Waals surface area contributed by atoms with Gasteiger partial charge in [-0.1, -0.05) is 77.6 Å². The summed E-state index contributed by atoms with van der Waals surface area (Å²) in [5.74, 6) is 2.58. The molecule has 4 heteroatoms. The van der Waals surface area contributed by atoms with Gasteiger partial charge in [0.15, 0.2) is 0 Å². The van der Waals surface area contributed by atoms with Gasteiger partial charge in [-0.15, -0.1) is 0 Å². The maximum Gasteiger partial charge on any atom is 0.243 e. The van der Waals surface area contributed by atoms with E-state index in [1.165, 1.54) is 88.6 Å². The molecule has 0 atom stereocenters. The van der Waals surface area contributed by atoms with Crippen molar-refractivity contribution in [3.05, 3.63) is 18.7 Å². The van der Waals surface area contributed by atoms with E-state index in [0.29, 0.717) is 0 Å². The summed E-state index contributed by atoms with van der Waals surface area (Å²) in [5.41, 5.74) is 0. The molecule has 0 bridgehead atoms. The SMILES string of the molecule is CCCCCCCCCCCCCCSCCn1cc[n+](C)c1.[I-]. The monoisotopic (exact) mass is 466 g/mol. The van der Waals surface area contributed by atoms with Crippen LogP contribution >= 0.6 is 11.8 Å². The Balaban J connectivity index is 0.00000529. The molecular formula is C20H39IN2S. The number of imidazole rings is 1. The van der Waals surface area contributed by atoms with Crippen molar-refractivity contribution in [2.45, 2.75) is 90.5 Å². The number of aromatic nitrogens is 2. The molecule has 1 aromatic rings. The van der Waals surface area contributed by atoms with Crippen LogP contribution in [0.25, 0.3) is 0 Å². The topological polar surface area (TPSA) is 8.81 Å². The van der Waals surface area contributed by atoms with Gasteiger partial charge < -0.3 is 24.0 Å². The molecule has 0 aliphatic heterocycles. The summed E-state index contributed by atoms with van der Waals surface area (Å²) >= 11 is 2.11. The molecule has 0 unspecified atom stereocenters. The molecule has 0 aromatic carbocycles. The van der Waals surface area contributed by atoms with E-state index in [9.17, 15) is 0 Å². The second-order valence-electron chi connectivity index (χ2n) is 6.82. The molecular weight excluding hydrogens is 427 g/mol. The molecule has 0 N–H and O–H groups in total. The van der Waals surface area contributed by atoms with Gasteiger partial charge in [-0.25, -0.2) is 9.13 Å². The molecule has 24 heavy (non-hydrogen) atoms. The number of halogens is 1. The van der Waals surface area contributed by atoms with Gasteiger partial charge in [0.25, 0.3) is 0 Å². The number of aryl methyl sites for hydroxylation is 2. The molecule has 0 saturated carbocycles. The molecule has 0 saturated heterocycles. The van der Waals surface area contributed by atoms with Gasteiger partial charge in [0, 0.05) is 5.75 Å². The lowest BCUT2D eigenvalue weighted by Gasteiger charge is -2.03. The van der Waals surface area contributed by atoms with Gasteiger partial charge >= 0.3 is 0 Å². The van der Waals surface area contributed by atoms with E-state index >= 15 is 0 Å². The fourth-order valence-corrected chi connectivity index (χ4v) is 3.90. The number of hydrogen-bond acceptors (Lipinski definition) is 1. The molecule has 1 heterocycles. The van der Waals surface area contributed by atoms with Gasteiger partial charge in [-0.2, -0.15) is 11.8 Å². The number of hydrogen-bond donors (Lipinski definition) is 0. The number of rotatable bonds is 16. The van der Waals surface area contributed by atoms with Crippen LogP contribution in [0.2, 0.25) is 0 Å². The summed E-state index contributed by atoms with van der Waals surface area (Å²) in [6.45, 7) is 3.44. The normalized spacial score (nSPS) is 10.8. The maximum absolute atomic E-state index is 2.29. The van der Waals surface area contributed by atoms with Crippen molar-refractivity contribution < 1.29 is 28.5 Å². The van der Waals surface area contributed by atoms with Crippen molar-refractivity contribution in [1.29, 1.82) is 0 Å². The molecule has 0 spiro atoms. The minimum Gasteiger partial charge on any atom is -1.00 e. The van der Waals surface area contributed by atoms with E-state index in [1.54, 1.807) is 0 Å². The van der Waals surface area contributed by atoms with Gasteiger partial charge in [0.1, 0.15) is 12.4 Å². The Morgan fingerprint density at radius 1 is 0.792 bits per heavy atom. The molecule has 1 aromatic heterocycles. The van der Waals surface area contributed by atoms with Crippen molar-refractivity contribution in [2.24, 2.45) is 7.05 Å². The Hall–Kier alpha value is 0.290. The third-order valence-corrected chi connectivity index (χ3v) is 5.51. The standard InChI is InChI=1S/C20H39N2S.HI/c1-3-4-5-6-7-8-9-10-11-12-13-14-18-23-19-17-22-16-15-21(2)20-22;/h15-16,20H,3-14,17-19H2,1-2H3;1H/q+1;/p-1. The van der Waals surface area contributed by atoms with Crippen molar-refractivity contribution in [2.75, 3.05) is 11.5 Å². The van der Waals surface area contributed by atoms with E-state index in [2.05, 4.69) is 53.6 Å². The lowest BCUT2D eigenvalue weighted by atomic mass is 10.1. The zero-order valence-corrected chi connectivity index (χ0v) is 19.0. The minimum atomic E-state index is 0. The molecule has 0 aliphatic carbocycles. The quantitative estimate of drug-likeness (QED) is 0.207. The van der Waals surface area contributed by atoms with E-state index < -0.39 is 0 Å². The van der Waals surface area contributed by atoms with Crippen LogP contribution in [0.15, 0.2) is 18.7 Å². The van der Waals surface area contributed by atoms with Crippen LogP contribution in [0.1, 0.15) is 84.0 Å². The summed E-state index contributed by atoms with van der Waals surface area (Å²) in [7, 11) is 2.08. The molecule has 142 valence electrons. The summed E-state index contributed by atoms with van der Waals surface area (Å²) < 4.78 is 4.38. The predicted molar refractivity (Wildman–Crippen MR) is 104 cm³/mol. The minimum absolute atomic E-state index is 0. The van der Waals surface area contributed by atoms with Crippen LogP contribution in [0.3, 0.4) is 0 Å². The molecule has 0 amide bonds. The number of unbranched alkanes of at least 4 members (excludes halogenated alkanes) is 11. The second kappa shape index (κ2) is 18.1. The van der Waals surface area contributed by atoms with Gasteiger partial charge in [-0.3, -0.25) is 0 Å². The first-order valence-electron chi connectivity index (χ1n) is 9.91. The number of nitrogens with zero attached hydrogens (tertiary/aromatic N) is 2. The molecule has 0 radical (unpaired) electrons. The van der Waals surface area contributed by atoms with E-state index in [-0.39, 0.29) is 24.0 Å². The second-order valence-corrected chi connectivity index (χ2v) is 8.04. The lowest BCUT2D eigenvalue weighted by Crippen LogP contribution is -3.00. The number of thioether (sulfide) groups is 1. The Bertz CT molecular complexity index is 368. The summed E-state index contributed by atoms with van der Waals surface area (Å²) in [6.07, 6.45) is 23.7. The predicted octanol–water partition coefficient (Wildman–Crippen LogP) is 2.75. The summed E-state index contributed by atoms with van der Waals surface area (Å²) in [6, 6.07) is 0. The van der Waals surface area contributed by atoms with Gasteiger partial charge in [0.2, 0.25) is 6.33 Å². The van der Waals surface area contributed by atoms with Crippen molar-refractivity contribution >= 4 is 11.8 Å². The van der Waals surface area contributed by atoms with Crippen LogP contribution in [0.5, 0.6) is 0 Å². The van der Waals surface area contributed by atoms with Crippen molar-refractivity contribution in [1.82, 2.24) is 4.57 Å². The largest absolute Gasteiger partial charge is 1.00 e. The Morgan fingerprint density at radius 3 is 1.83 bits per heavy atom. The molecule has 2 nitrogen and oxygen atoms in total. The average Bonchev–Trinajstić information content (AvgIpc) is 2.96. The highest BCUT2D eigenvalue weighted by molar-refractivity contribution is 7.99. The zero-order valence-electron chi connectivity index (χ0n) is 16.0. The maximum atomic E-state index is 2.29. The van der Waals surface area contributed by atoms with Crippen LogP contribution in [-0.2, 0) is 13.6 Å². The smallest absolute Gasteiger partial charge is 0.243 e. The highest BCUT2D eigenvalue weighted by Crippen LogP contribution is 2.13. The van der Waals surface area contributed by atoms with Crippen LogP contribution in [0.4, 0.5) is 0 Å². The van der Waals surface area contributed by atoms with Crippen LogP contribution < -0.4 is 28.5 Å². The first-order chi connectivity index (χ1) is 11.3. The highest BCUT2D eigenvalue weighted by atomic mass is 127. The Labute approximate surface area is 172 Å². The summed E-state index contributed by atoms with van der Waals surface area (Å²) in [4.78, 5) is 0. The zero-order chi connectivity index (χ0) is 16.6. The van der Waals surface area contributed by atoms with Gasteiger partial charge in [0.05, 0.1) is 13.6 Å². The first kappa shape index (κ1) is 24.3. The Kier molecular flexibility index (Phi) is 18.3. The van der Waals surface area contributed by atoms with E-state index in [1.807, 2.05) is 0 Å². The third-order valence-electron chi connectivity index (χ3n) is 4.46. The third kappa shape index (κ3) is 14.6. The lowest BCUT2D eigenvalue weighted by molar-refractivity contribution is -0.671. The van der Waals surface area contributed by atoms with Crippen molar-refractivity contribution in [3.63, 3.8) is 0 Å². The molecule has 0 aliphatic rings. The average molecular weight is 467 g/mol. The fraction of sp³-hybridized carbons (Fsp3) is 0.850. The fourth-order valence-electron chi connectivity index (χ4n) is 2.95.